The van der Waals surface area contributed by atoms with E-state index in [-0.39, 0.29) is 31.6 Å². The summed E-state index contributed by atoms with van der Waals surface area (Å²) in [6, 6.07) is 149. The molecule has 1 saturated heterocycles. The maximum absolute atomic E-state index is 6.08. The predicted molar refractivity (Wildman–Crippen MR) is 523 cm³/mol. The molecule has 121 heavy (non-hydrogen) atoms. The van der Waals surface area contributed by atoms with Gasteiger partial charge in [0.15, 0.2) is 0 Å². The molecule has 0 amide bonds. The van der Waals surface area contributed by atoms with Gasteiger partial charge in [-0.3, -0.25) is 9.36 Å². The minimum absolute atomic E-state index is 0. The van der Waals surface area contributed by atoms with Crippen molar-refractivity contribution in [2.75, 3.05) is 0 Å². The summed E-state index contributed by atoms with van der Waals surface area (Å²) in [6.45, 7) is 8.04. The molecule has 0 bridgehead atoms. The monoisotopic (exact) mass is 1850 g/mol. The van der Waals surface area contributed by atoms with Crippen molar-refractivity contribution < 1.29 is 29.7 Å². The van der Waals surface area contributed by atoms with Gasteiger partial charge in [0.25, 0.3) is 0 Å². The zero-order valence-corrected chi connectivity index (χ0v) is 76.3. The van der Waals surface area contributed by atoms with E-state index in [2.05, 4.69) is 412 Å². The summed E-state index contributed by atoms with van der Waals surface area (Å²) in [6.07, 6.45) is 7.05. The number of hydrogen-bond donors (Lipinski definition) is 0. The number of pyridine rings is 2. The van der Waals surface area contributed by atoms with Gasteiger partial charge in [0.05, 0.1) is 34.6 Å². The summed E-state index contributed by atoms with van der Waals surface area (Å²) in [5, 5.41) is 28.4. The average molecular weight is 1850 g/mol. The standard InChI is InChI=1S/4C18H15P.C13H10ClN3.C11H15BClNO2.C8H7BrN2.Pd/c4*1-4-10-16(11-5-1)19(17-12-6-2-7-13-17)18-14-8-3-9-15-18;1-17-12-5-4-9(7-10(12)8-16-17)11-3-2-6-15-13(11)14;1-10(2)11(3,4)16-12(15-10)8-6-5-7-14-9(8)13;1-11-8-3-2-7(9)4-6(8)5-10-11;/h4*1-15H;2-8H,1H3;5-7H,1-4H3;2-5H,1H3;. The van der Waals surface area contributed by atoms with Crippen LogP contribution in [-0.4, -0.2) is 47.8 Å². The molecule has 0 aliphatic carbocycles. The van der Waals surface area contributed by atoms with Crippen LogP contribution in [0.1, 0.15) is 27.7 Å². The van der Waals surface area contributed by atoms with Crippen molar-refractivity contribution in [2.24, 2.45) is 14.1 Å². The van der Waals surface area contributed by atoms with Crippen molar-refractivity contribution in [3.05, 3.63) is 464 Å². The predicted octanol–water partition coefficient (Wildman–Crippen LogP) is 21.4. The van der Waals surface area contributed by atoms with Crippen molar-refractivity contribution in [2.45, 2.75) is 38.9 Å². The molecule has 604 valence electrons. The third kappa shape index (κ3) is 24.8. The van der Waals surface area contributed by atoms with E-state index in [1.165, 1.54) is 69.0 Å². The number of benzene rings is 14. The van der Waals surface area contributed by atoms with Gasteiger partial charge in [-0.1, -0.05) is 415 Å². The number of halogens is 3. The molecule has 0 unspecified atom stereocenters. The fourth-order valence-corrected chi connectivity index (χ4v) is 23.4. The molecule has 18 aromatic rings. The van der Waals surface area contributed by atoms with Gasteiger partial charge in [-0.2, -0.15) is 10.2 Å². The Balaban J connectivity index is 0.000000130. The van der Waals surface area contributed by atoms with Gasteiger partial charge in [-0.05, 0) is 177 Å². The normalized spacial score (nSPS) is 12.1. The Morgan fingerprint density at radius 3 is 0.793 bits per heavy atom. The van der Waals surface area contributed by atoms with Crippen LogP contribution < -0.4 is 69.1 Å². The number of fused-ring (bicyclic) bond motifs is 2. The molecule has 8 nitrogen and oxygen atoms in total. The topological polar surface area (TPSA) is 79.9 Å². The van der Waals surface area contributed by atoms with Crippen molar-refractivity contribution in [1.82, 2.24) is 29.5 Å². The number of aromatic nitrogens is 6. The van der Waals surface area contributed by atoms with E-state index in [9.17, 15) is 0 Å². The second-order valence-corrected chi connectivity index (χ2v) is 39.2. The Morgan fingerprint density at radius 2 is 0.537 bits per heavy atom. The molecule has 19 rings (SSSR count). The van der Waals surface area contributed by atoms with Gasteiger partial charge in [-0.25, -0.2) is 9.97 Å². The van der Waals surface area contributed by atoms with E-state index in [1.54, 1.807) is 12.4 Å². The van der Waals surface area contributed by atoms with Gasteiger partial charge >= 0.3 is 7.12 Å². The zero-order chi connectivity index (χ0) is 83.3. The molecule has 14 aromatic carbocycles. The minimum Gasteiger partial charge on any atom is -0.399 e. The number of aryl methyl sites for hydroxylation is 2. The minimum atomic E-state index is -0.446. The molecule has 0 atom stereocenters. The van der Waals surface area contributed by atoms with Crippen LogP contribution in [0.15, 0.2) is 454 Å². The van der Waals surface area contributed by atoms with Gasteiger partial charge in [0.2, 0.25) is 0 Å². The van der Waals surface area contributed by atoms with Crippen molar-refractivity contribution in [3.63, 3.8) is 0 Å². The van der Waals surface area contributed by atoms with Crippen LogP contribution in [0.5, 0.6) is 0 Å². The third-order valence-electron chi connectivity index (χ3n) is 20.0. The molecule has 0 radical (unpaired) electrons. The Morgan fingerprint density at radius 1 is 0.298 bits per heavy atom. The Hall–Kier alpha value is -10.3. The molecule has 4 aromatic heterocycles. The van der Waals surface area contributed by atoms with E-state index in [0.29, 0.717) is 10.3 Å². The van der Waals surface area contributed by atoms with Crippen LogP contribution in [-0.2, 0) is 43.8 Å². The molecular formula is C104H92BBrCl2N6O2P4Pd. The van der Waals surface area contributed by atoms with Crippen molar-refractivity contribution in [3.8, 4) is 11.1 Å². The molecule has 1 aliphatic rings. The number of nitrogens with zero attached hydrogens (tertiary/aromatic N) is 6. The van der Waals surface area contributed by atoms with Gasteiger partial charge in [0, 0.05) is 73.2 Å². The van der Waals surface area contributed by atoms with Crippen molar-refractivity contribution in [1.29, 1.82) is 0 Å². The smallest absolute Gasteiger partial charge is 0.399 e. The fourth-order valence-electron chi connectivity index (χ4n) is 13.3. The van der Waals surface area contributed by atoms with E-state index >= 15 is 0 Å². The van der Waals surface area contributed by atoms with Crippen LogP contribution in [0.3, 0.4) is 0 Å². The van der Waals surface area contributed by atoms with Crippen LogP contribution in [0.25, 0.3) is 32.9 Å². The van der Waals surface area contributed by atoms with E-state index in [0.717, 1.165) is 37.5 Å². The summed E-state index contributed by atoms with van der Waals surface area (Å²) in [4.78, 5) is 8.11. The first-order chi connectivity index (χ1) is 58.7. The number of hydrogen-bond acceptors (Lipinski definition) is 6. The van der Waals surface area contributed by atoms with Crippen molar-refractivity contribution >= 4 is 169 Å². The van der Waals surface area contributed by atoms with Gasteiger partial charge in [-0.15, -0.1) is 0 Å². The second-order valence-electron chi connectivity index (χ2n) is 28.7. The van der Waals surface area contributed by atoms with Crippen LogP contribution in [0, 0.1) is 0 Å². The molecule has 0 N–H and O–H groups in total. The molecule has 0 spiro atoms. The summed E-state index contributed by atoms with van der Waals surface area (Å²) in [7, 11) is 1.65. The first-order valence-corrected chi connectivity index (χ1v) is 46.4. The average Bonchev–Trinajstić information content (AvgIpc) is 1.62. The second kappa shape index (κ2) is 45.6. The molecule has 0 saturated carbocycles. The molecular weight excluding hydrogens is 1760 g/mol. The summed E-state index contributed by atoms with van der Waals surface area (Å²) < 4.78 is 16.6. The van der Waals surface area contributed by atoms with Crippen LogP contribution in [0.4, 0.5) is 0 Å². The molecule has 17 heteroatoms. The van der Waals surface area contributed by atoms with Crippen LogP contribution in [0.2, 0.25) is 10.3 Å². The number of rotatable bonds is 14. The zero-order valence-electron chi connectivity index (χ0n) is 68.0. The third-order valence-corrected chi connectivity index (χ3v) is 30.9. The van der Waals surface area contributed by atoms with E-state index < -0.39 is 38.8 Å². The maximum atomic E-state index is 6.08. The van der Waals surface area contributed by atoms with Gasteiger partial charge < -0.3 is 9.31 Å². The van der Waals surface area contributed by atoms with E-state index in [1.807, 2.05) is 112 Å². The molecule has 1 aliphatic heterocycles. The Labute approximate surface area is 750 Å². The first-order valence-electron chi connectivity index (χ1n) is 39.5. The largest absolute Gasteiger partial charge is 0.498 e. The molecule has 5 heterocycles. The quantitative estimate of drug-likeness (QED) is 0.0613. The van der Waals surface area contributed by atoms with Crippen LogP contribution >= 0.6 is 70.8 Å². The Bertz CT molecular complexity index is 5220. The summed E-state index contributed by atoms with van der Waals surface area (Å²) >= 11 is 15.5. The van der Waals surface area contributed by atoms with Gasteiger partial charge in [0.1, 0.15) is 10.3 Å². The summed E-state index contributed by atoms with van der Waals surface area (Å²) in [5.74, 6) is 0. The van der Waals surface area contributed by atoms with E-state index in [4.69, 9.17) is 32.5 Å². The maximum Gasteiger partial charge on any atom is 0.498 e. The Kier molecular flexibility index (Phi) is 33.9. The fraction of sp³-hybridized carbons (Fsp3) is 0.0769. The SMILES string of the molecule is CC1(C)OB(c2cccnc2Cl)OC1(C)C.Cn1ncc2cc(-c3cccnc3Cl)ccc21.Cn1ncc2cc(Br)ccc21.[Pd].c1ccc(P(c2ccccc2)c2ccccc2)cc1.c1ccc(P(c2ccccc2)c2ccccc2)cc1.c1ccc(P(c2ccccc2)c2ccccc2)cc1.c1ccc(P(c2ccccc2)c2ccccc2)cc1. The summed E-state index contributed by atoms with van der Waals surface area (Å²) in [5.41, 5.74) is 4.35. The molecule has 1 fully saturated rings. The first kappa shape index (κ1) is 90.0.